The van der Waals surface area contributed by atoms with Gasteiger partial charge in [-0.3, -0.25) is 0 Å². The van der Waals surface area contributed by atoms with Gasteiger partial charge in [-0.05, 0) is 52.0 Å². The molecule has 0 aliphatic rings. The lowest BCUT2D eigenvalue weighted by atomic mass is 10.1. The smallest absolute Gasteiger partial charge is 0.123 e. The van der Waals surface area contributed by atoms with E-state index in [0.717, 1.165) is 30.7 Å². The van der Waals surface area contributed by atoms with Crippen LogP contribution in [-0.4, -0.2) is 10.1 Å². The highest BCUT2D eigenvalue weighted by molar-refractivity contribution is 9.10. The number of nitrogens with zero attached hydrogens (tertiary/aromatic N) is 1. The molecule has 3 rings (SSSR count). The van der Waals surface area contributed by atoms with Crippen molar-refractivity contribution in [2.45, 2.75) is 16.8 Å². The normalized spacial score (nSPS) is 10.9. The zero-order valence-electron chi connectivity index (χ0n) is 10.8. The van der Waals surface area contributed by atoms with Crippen LogP contribution in [-0.2, 0) is 0 Å². The summed E-state index contributed by atoms with van der Waals surface area (Å²) in [5.41, 5.74) is 1.16. The van der Waals surface area contributed by atoms with Crippen LogP contribution in [0.25, 0.3) is 10.8 Å². The Morgan fingerprint density at radius 3 is 2.60 bits per heavy atom. The van der Waals surface area contributed by atoms with Crippen LogP contribution in [0.2, 0.25) is 0 Å². The quantitative estimate of drug-likeness (QED) is 0.696. The average Bonchev–Trinajstić information content (AvgIpc) is 2.47. The van der Waals surface area contributed by atoms with Crippen LogP contribution < -0.4 is 0 Å². The van der Waals surface area contributed by atoms with Crippen LogP contribution in [0.3, 0.4) is 0 Å². The first kappa shape index (κ1) is 13.5. The lowest BCUT2D eigenvalue weighted by Crippen LogP contribution is -1.86. The molecule has 0 aliphatic heterocycles. The number of phenolic OH excluding ortho intramolecular Hbond substituents is 1. The number of benzene rings is 2. The predicted octanol–water partition coefficient (Wildman–Crippen LogP) is 5.16. The molecule has 3 aromatic rings. The van der Waals surface area contributed by atoms with Crippen LogP contribution in [0, 0.1) is 6.92 Å². The van der Waals surface area contributed by atoms with Crippen molar-refractivity contribution in [1.82, 2.24) is 4.98 Å². The Morgan fingerprint density at radius 1 is 1.05 bits per heavy atom. The maximum Gasteiger partial charge on any atom is 0.123 e. The van der Waals surface area contributed by atoms with Crippen molar-refractivity contribution >= 4 is 38.5 Å². The second-order valence-electron chi connectivity index (χ2n) is 4.48. The Labute approximate surface area is 130 Å². The Hall–Kier alpha value is -1.52. The van der Waals surface area contributed by atoms with E-state index >= 15 is 0 Å². The van der Waals surface area contributed by atoms with E-state index in [4.69, 9.17) is 0 Å². The van der Waals surface area contributed by atoms with E-state index < -0.39 is 0 Å². The van der Waals surface area contributed by atoms with Gasteiger partial charge >= 0.3 is 0 Å². The first-order valence-electron chi connectivity index (χ1n) is 6.16. The summed E-state index contributed by atoms with van der Waals surface area (Å²) in [6.45, 7) is 2.05. The molecule has 1 N–H and O–H groups in total. The van der Waals surface area contributed by atoms with E-state index in [1.807, 2.05) is 49.5 Å². The van der Waals surface area contributed by atoms with Gasteiger partial charge in [0.15, 0.2) is 0 Å². The minimum absolute atomic E-state index is 0.307. The molecule has 1 aromatic heterocycles. The fourth-order valence-electron chi connectivity index (χ4n) is 2.04. The number of aromatic hydroxyl groups is 1. The fraction of sp³-hybridized carbons (Fsp3) is 0.0625. The second-order valence-corrected chi connectivity index (χ2v) is 6.30. The molecular weight excluding hydrogens is 334 g/mol. The van der Waals surface area contributed by atoms with Gasteiger partial charge < -0.3 is 5.11 Å². The highest BCUT2D eigenvalue weighted by Gasteiger charge is 2.10. The summed E-state index contributed by atoms with van der Waals surface area (Å²) in [5, 5.41) is 12.8. The molecule has 2 nitrogen and oxygen atoms in total. The standard InChI is InChI=1S/C16H12BrNOS/c1-10-8-9-18-16(15(10)17)20-14-7-6-13(19)11-4-2-3-5-12(11)14/h2-9,19H,1H3. The Morgan fingerprint density at radius 2 is 1.80 bits per heavy atom. The van der Waals surface area contributed by atoms with Crippen LogP contribution in [0.1, 0.15) is 5.56 Å². The maximum absolute atomic E-state index is 9.93. The third-order valence-electron chi connectivity index (χ3n) is 3.12. The van der Waals surface area contributed by atoms with E-state index in [9.17, 15) is 5.11 Å². The Balaban J connectivity index is 2.12. The molecular formula is C16H12BrNOS. The molecule has 0 unspecified atom stereocenters. The van der Waals surface area contributed by atoms with Crippen molar-refractivity contribution in [3.63, 3.8) is 0 Å². The molecule has 0 aliphatic carbocycles. The number of pyridine rings is 1. The molecule has 100 valence electrons. The van der Waals surface area contributed by atoms with E-state index in [2.05, 4.69) is 20.9 Å². The molecule has 2 aromatic carbocycles. The molecule has 0 fully saturated rings. The van der Waals surface area contributed by atoms with Crippen molar-refractivity contribution in [2.75, 3.05) is 0 Å². The molecule has 0 atom stereocenters. The zero-order chi connectivity index (χ0) is 14.1. The molecule has 0 amide bonds. The van der Waals surface area contributed by atoms with Gasteiger partial charge in [0, 0.05) is 16.5 Å². The Kier molecular flexibility index (Phi) is 3.68. The molecule has 0 radical (unpaired) electrons. The average molecular weight is 346 g/mol. The van der Waals surface area contributed by atoms with E-state index in [1.165, 1.54) is 0 Å². The number of aryl methyl sites for hydroxylation is 1. The van der Waals surface area contributed by atoms with Crippen molar-refractivity contribution in [1.29, 1.82) is 0 Å². The highest BCUT2D eigenvalue weighted by atomic mass is 79.9. The molecule has 1 heterocycles. The first-order chi connectivity index (χ1) is 9.66. The van der Waals surface area contributed by atoms with Crippen LogP contribution in [0.5, 0.6) is 5.75 Å². The molecule has 0 saturated carbocycles. The van der Waals surface area contributed by atoms with Crippen LogP contribution in [0.15, 0.2) is 63.1 Å². The summed E-state index contributed by atoms with van der Waals surface area (Å²) in [5.74, 6) is 0.307. The van der Waals surface area contributed by atoms with Gasteiger partial charge in [0.25, 0.3) is 0 Å². The third-order valence-corrected chi connectivity index (χ3v) is 5.46. The van der Waals surface area contributed by atoms with Crippen molar-refractivity contribution in [2.24, 2.45) is 0 Å². The highest BCUT2D eigenvalue weighted by Crippen LogP contribution is 2.39. The summed E-state index contributed by atoms with van der Waals surface area (Å²) in [4.78, 5) is 5.50. The lowest BCUT2D eigenvalue weighted by Gasteiger charge is -2.09. The summed E-state index contributed by atoms with van der Waals surface area (Å²) < 4.78 is 1.02. The molecule has 0 bridgehead atoms. The van der Waals surface area contributed by atoms with Gasteiger partial charge in [0.05, 0.1) is 4.47 Å². The largest absolute Gasteiger partial charge is 0.507 e. The number of fused-ring (bicyclic) bond motifs is 1. The molecule has 20 heavy (non-hydrogen) atoms. The summed E-state index contributed by atoms with van der Waals surface area (Å²) in [6.07, 6.45) is 1.81. The predicted molar refractivity (Wildman–Crippen MR) is 86.4 cm³/mol. The number of hydrogen-bond donors (Lipinski definition) is 1. The molecule has 0 spiro atoms. The van der Waals surface area contributed by atoms with Gasteiger partial charge in [0.1, 0.15) is 10.8 Å². The summed E-state index contributed by atoms with van der Waals surface area (Å²) in [7, 11) is 0. The lowest BCUT2D eigenvalue weighted by molar-refractivity contribution is 0.481. The SMILES string of the molecule is Cc1ccnc(Sc2ccc(O)c3ccccc23)c1Br. The first-order valence-corrected chi connectivity index (χ1v) is 7.77. The minimum Gasteiger partial charge on any atom is -0.507 e. The van der Waals surface area contributed by atoms with Crippen molar-refractivity contribution < 1.29 is 5.11 Å². The van der Waals surface area contributed by atoms with E-state index in [0.29, 0.717) is 5.75 Å². The van der Waals surface area contributed by atoms with Crippen LogP contribution in [0.4, 0.5) is 0 Å². The topological polar surface area (TPSA) is 33.1 Å². The monoisotopic (exact) mass is 345 g/mol. The van der Waals surface area contributed by atoms with Gasteiger partial charge in [-0.15, -0.1) is 0 Å². The van der Waals surface area contributed by atoms with Gasteiger partial charge in [-0.2, -0.15) is 0 Å². The fourth-order valence-corrected chi connectivity index (χ4v) is 3.51. The second kappa shape index (κ2) is 5.46. The number of hydrogen-bond acceptors (Lipinski definition) is 3. The number of rotatable bonds is 2. The zero-order valence-corrected chi connectivity index (χ0v) is 13.2. The van der Waals surface area contributed by atoms with Gasteiger partial charge in [-0.1, -0.05) is 36.0 Å². The third kappa shape index (κ3) is 2.41. The van der Waals surface area contributed by atoms with E-state index in [-0.39, 0.29) is 0 Å². The van der Waals surface area contributed by atoms with Gasteiger partial charge in [0.2, 0.25) is 0 Å². The van der Waals surface area contributed by atoms with Crippen molar-refractivity contribution in [3.8, 4) is 5.75 Å². The van der Waals surface area contributed by atoms with Crippen molar-refractivity contribution in [3.05, 3.63) is 58.7 Å². The van der Waals surface area contributed by atoms with E-state index in [1.54, 1.807) is 17.8 Å². The number of phenols is 1. The number of halogens is 1. The molecule has 4 heteroatoms. The minimum atomic E-state index is 0.307. The van der Waals surface area contributed by atoms with Crippen LogP contribution >= 0.6 is 27.7 Å². The Bertz CT molecular complexity index is 789. The number of aromatic nitrogens is 1. The maximum atomic E-state index is 9.93. The summed E-state index contributed by atoms with van der Waals surface area (Å²) in [6, 6.07) is 13.5. The molecule has 0 saturated heterocycles. The summed E-state index contributed by atoms with van der Waals surface area (Å²) >= 11 is 5.18. The van der Waals surface area contributed by atoms with Gasteiger partial charge in [-0.25, -0.2) is 4.98 Å².